The van der Waals surface area contributed by atoms with Gasteiger partial charge in [-0.05, 0) is 31.2 Å². The Bertz CT molecular complexity index is 960. The molecule has 0 atom stereocenters. The van der Waals surface area contributed by atoms with Gasteiger partial charge in [0, 0.05) is 12.6 Å². The van der Waals surface area contributed by atoms with E-state index in [9.17, 15) is 8.78 Å². The van der Waals surface area contributed by atoms with Gasteiger partial charge in [-0.15, -0.1) is 5.10 Å². The number of rotatable bonds is 4. The molecule has 0 bridgehead atoms. The first-order valence-electron chi connectivity index (χ1n) is 7.23. The molecular formula is C17H15F2N3OS. The van der Waals surface area contributed by atoms with E-state index in [1.807, 2.05) is 35.9 Å². The number of hydrogen-bond donors (Lipinski definition) is 0. The van der Waals surface area contributed by atoms with E-state index in [0.29, 0.717) is 11.3 Å². The minimum atomic E-state index is -2.88. The van der Waals surface area contributed by atoms with Gasteiger partial charge in [-0.2, -0.15) is 13.9 Å². The van der Waals surface area contributed by atoms with Crippen molar-refractivity contribution in [2.24, 2.45) is 17.3 Å². The molecule has 0 aliphatic rings. The summed E-state index contributed by atoms with van der Waals surface area (Å²) >= 11 is 1.51. The number of fused-ring (bicyclic) bond motifs is 1. The van der Waals surface area contributed by atoms with Crippen molar-refractivity contribution in [3.63, 3.8) is 0 Å². The van der Waals surface area contributed by atoms with Crippen LogP contribution < -0.4 is 9.54 Å². The van der Waals surface area contributed by atoms with Gasteiger partial charge in [-0.25, -0.2) is 0 Å². The van der Waals surface area contributed by atoms with Gasteiger partial charge in [0.25, 0.3) is 0 Å². The van der Waals surface area contributed by atoms with Crippen LogP contribution in [0, 0.1) is 0 Å². The normalized spacial score (nSPS) is 13.0. The van der Waals surface area contributed by atoms with Crippen molar-refractivity contribution in [3.05, 3.63) is 58.9 Å². The number of nitrogens with zero attached hydrogens (tertiary/aromatic N) is 3. The minimum Gasteiger partial charge on any atom is -0.434 e. The third-order valence-electron chi connectivity index (χ3n) is 3.49. The smallest absolute Gasteiger partial charge is 0.387 e. The van der Waals surface area contributed by atoms with Crippen LogP contribution in [0.25, 0.3) is 10.2 Å². The summed E-state index contributed by atoms with van der Waals surface area (Å²) in [6, 6.07) is 14.5. The Hall–Kier alpha value is -2.54. The number of thiazole rings is 1. The molecule has 0 aliphatic heterocycles. The maximum atomic E-state index is 12.5. The molecule has 0 unspecified atom stereocenters. The zero-order valence-corrected chi connectivity index (χ0v) is 13.9. The monoisotopic (exact) mass is 347 g/mol. The number of para-hydroxylation sites is 2. The van der Waals surface area contributed by atoms with Crippen LogP contribution in [0.1, 0.15) is 12.5 Å². The highest BCUT2D eigenvalue weighted by Crippen LogP contribution is 2.21. The summed E-state index contributed by atoms with van der Waals surface area (Å²) in [5.41, 5.74) is 2.06. The quantitative estimate of drug-likeness (QED) is 0.516. The Morgan fingerprint density at radius 3 is 2.58 bits per heavy atom. The van der Waals surface area contributed by atoms with Crippen molar-refractivity contribution < 1.29 is 13.5 Å². The molecule has 24 heavy (non-hydrogen) atoms. The molecule has 0 fully saturated rings. The Balaban J connectivity index is 2.01. The Morgan fingerprint density at radius 2 is 1.83 bits per heavy atom. The van der Waals surface area contributed by atoms with E-state index in [1.54, 1.807) is 25.1 Å². The number of aryl methyl sites for hydroxylation is 1. The zero-order valence-electron chi connectivity index (χ0n) is 13.1. The number of ether oxygens (including phenoxy) is 1. The van der Waals surface area contributed by atoms with E-state index in [1.165, 1.54) is 17.4 Å². The standard InChI is InChI=1S/C17H15F2N3OS/c1-11(12-7-3-5-9-14(12)23-16(18)19)20-21-17-22(2)13-8-4-6-10-15(13)24-17/h3-10,16H,1-2H3/b20-11-,21-17+. The molecular weight excluding hydrogens is 332 g/mol. The molecule has 3 rings (SSSR count). The first-order chi connectivity index (χ1) is 11.6. The third kappa shape index (κ3) is 3.35. The second kappa shape index (κ2) is 6.92. The van der Waals surface area contributed by atoms with Crippen LogP contribution in [0.2, 0.25) is 0 Å². The summed E-state index contributed by atoms with van der Waals surface area (Å²) in [5.74, 6) is 0.0877. The predicted octanol–water partition coefficient (Wildman–Crippen LogP) is 4.17. The van der Waals surface area contributed by atoms with Gasteiger partial charge in [-0.3, -0.25) is 0 Å². The average molecular weight is 347 g/mol. The molecule has 1 heterocycles. The van der Waals surface area contributed by atoms with E-state index >= 15 is 0 Å². The summed E-state index contributed by atoms with van der Waals surface area (Å²) in [5, 5.41) is 8.46. The molecule has 0 N–H and O–H groups in total. The fourth-order valence-electron chi connectivity index (χ4n) is 2.31. The molecule has 0 saturated carbocycles. The predicted molar refractivity (Wildman–Crippen MR) is 91.6 cm³/mol. The van der Waals surface area contributed by atoms with Gasteiger partial charge in [-0.1, -0.05) is 35.6 Å². The SMILES string of the molecule is C/C(=N/N=c1/sc2ccccc2n1C)c1ccccc1OC(F)F. The largest absolute Gasteiger partial charge is 0.434 e. The minimum absolute atomic E-state index is 0.0877. The molecule has 0 saturated heterocycles. The number of alkyl halides is 2. The average Bonchev–Trinajstić information content (AvgIpc) is 2.89. The lowest BCUT2D eigenvalue weighted by Crippen LogP contribution is -2.10. The number of aromatic nitrogens is 1. The maximum Gasteiger partial charge on any atom is 0.387 e. The molecule has 2 aromatic carbocycles. The summed E-state index contributed by atoms with van der Waals surface area (Å²) in [6.45, 7) is -1.17. The molecule has 124 valence electrons. The maximum absolute atomic E-state index is 12.5. The van der Waals surface area contributed by atoms with E-state index in [0.717, 1.165) is 15.0 Å². The third-order valence-corrected chi connectivity index (χ3v) is 4.60. The lowest BCUT2D eigenvalue weighted by molar-refractivity contribution is -0.0499. The fraction of sp³-hybridized carbons (Fsp3) is 0.176. The van der Waals surface area contributed by atoms with Crippen molar-refractivity contribution in [1.82, 2.24) is 4.57 Å². The van der Waals surface area contributed by atoms with Gasteiger partial charge in [0.2, 0.25) is 4.80 Å². The van der Waals surface area contributed by atoms with Crippen molar-refractivity contribution in [1.29, 1.82) is 0 Å². The zero-order chi connectivity index (χ0) is 17.1. The van der Waals surface area contributed by atoms with Crippen LogP contribution in [-0.2, 0) is 7.05 Å². The van der Waals surface area contributed by atoms with Gasteiger partial charge in [0.05, 0.1) is 15.9 Å². The Kier molecular flexibility index (Phi) is 4.71. The van der Waals surface area contributed by atoms with Crippen LogP contribution in [0.4, 0.5) is 8.78 Å². The van der Waals surface area contributed by atoms with Gasteiger partial charge in [0.15, 0.2) is 0 Å². The van der Waals surface area contributed by atoms with Gasteiger partial charge < -0.3 is 9.30 Å². The molecule has 4 nitrogen and oxygen atoms in total. The fourth-order valence-corrected chi connectivity index (χ4v) is 3.28. The topological polar surface area (TPSA) is 38.9 Å². The summed E-state index contributed by atoms with van der Waals surface area (Å²) in [4.78, 5) is 0.725. The number of benzene rings is 2. The summed E-state index contributed by atoms with van der Waals surface area (Å²) < 4.78 is 32.6. The van der Waals surface area contributed by atoms with Crippen molar-refractivity contribution >= 4 is 27.3 Å². The second-order valence-electron chi connectivity index (χ2n) is 5.07. The van der Waals surface area contributed by atoms with Crippen molar-refractivity contribution in [2.75, 3.05) is 0 Å². The summed E-state index contributed by atoms with van der Waals surface area (Å²) in [6.07, 6.45) is 0. The highest BCUT2D eigenvalue weighted by molar-refractivity contribution is 7.16. The lowest BCUT2D eigenvalue weighted by Gasteiger charge is -2.09. The molecule has 7 heteroatoms. The first-order valence-corrected chi connectivity index (χ1v) is 8.05. The van der Waals surface area contributed by atoms with E-state index < -0.39 is 6.61 Å². The van der Waals surface area contributed by atoms with Crippen LogP contribution in [0.5, 0.6) is 5.75 Å². The molecule has 0 radical (unpaired) electrons. The number of hydrogen-bond acceptors (Lipinski definition) is 4. The van der Waals surface area contributed by atoms with E-state index in [-0.39, 0.29) is 5.75 Å². The molecule has 0 amide bonds. The van der Waals surface area contributed by atoms with E-state index in [4.69, 9.17) is 0 Å². The molecule has 1 aromatic heterocycles. The van der Waals surface area contributed by atoms with Gasteiger partial charge in [0.1, 0.15) is 5.75 Å². The molecule has 0 aliphatic carbocycles. The molecule has 0 spiro atoms. The first kappa shape index (κ1) is 16.3. The van der Waals surface area contributed by atoms with Crippen LogP contribution in [0.15, 0.2) is 58.7 Å². The van der Waals surface area contributed by atoms with Crippen molar-refractivity contribution in [2.45, 2.75) is 13.5 Å². The van der Waals surface area contributed by atoms with Gasteiger partial charge >= 0.3 is 6.61 Å². The van der Waals surface area contributed by atoms with E-state index in [2.05, 4.69) is 14.9 Å². The summed E-state index contributed by atoms with van der Waals surface area (Å²) in [7, 11) is 1.91. The number of halogens is 2. The second-order valence-corrected chi connectivity index (χ2v) is 6.08. The highest BCUT2D eigenvalue weighted by atomic mass is 32.1. The van der Waals surface area contributed by atoms with Crippen LogP contribution in [0.3, 0.4) is 0 Å². The van der Waals surface area contributed by atoms with Crippen molar-refractivity contribution in [3.8, 4) is 5.75 Å². The molecule has 3 aromatic rings. The Morgan fingerprint density at radius 1 is 1.12 bits per heavy atom. The van der Waals surface area contributed by atoms with Crippen LogP contribution >= 0.6 is 11.3 Å². The lowest BCUT2D eigenvalue weighted by atomic mass is 10.1. The van der Waals surface area contributed by atoms with Crippen LogP contribution in [-0.4, -0.2) is 16.9 Å². The highest BCUT2D eigenvalue weighted by Gasteiger charge is 2.11. The Labute approximate surface area is 141 Å².